The molecule has 2 amide bonds. The van der Waals surface area contributed by atoms with E-state index in [1.807, 2.05) is 17.0 Å². The molecule has 1 saturated carbocycles. The molecule has 4 N–H and O–H groups in total. The Morgan fingerprint density at radius 1 is 1.03 bits per heavy atom. The Labute approximate surface area is 177 Å². The number of likely N-dealkylation sites (tertiary alicyclic amines) is 1. The van der Waals surface area contributed by atoms with Crippen LogP contribution in [0.2, 0.25) is 0 Å². The Balaban J connectivity index is 1.58. The molecule has 2 aromatic rings. The molecule has 2 atom stereocenters. The van der Waals surface area contributed by atoms with Gasteiger partial charge in [-0.25, -0.2) is 14.8 Å². The van der Waals surface area contributed by atoms with E-state index < -0.39 is 0 Å². The van der Waals surface area contributed by atoms with Gasteiger partial charge < -0.3 is 16.4 Å². The molecule has 1 aromatic heterocycles. The quantitative estimate of drug-likeness (QED) is 0.593. The van der Waals surface area contributed by atoms with Crippen molar-refractivity contribution in [1.29, 1.82) is 0 Å². The fraction of sp³-hybridized carbons (Fsp3) is 0.478. The second-order valence-corrected chi connectivity index (χ2v) is 8.66. The third-order valence-electron chi connectivity index (χ3n) is 6.77. The molecule has 158 valence electrons. The first-order chi connectivity index (χ1) is 14.4. The van der Waals surface area contributed by atoms with Crippen LogP contribution in [-0.2, 0) is 5.41 Å². The van der Waals surface area contributed by atoms with Crippen LogP contribution in [0.15, 0.2) is 41.7 Å². The average Bonchev–Trinajstić information content (AvgIpc) is 2.68. The molecule has 1 saturated heterocycles. The lowest BCUT2D eigenvalue weighted by atomic mass is 9.63. The molecule has 1 aliphatic carbocycles. The second kappa shape index (κ2) is 8.05. The van der Waals surface area contributed by atoms with Gasteiger partial charge in [0.1, 0.15) is 5.84 Å². The molecule has 7 nitrogen and oxygen atoms in total. The lowest BCUT2D eigenvalue weighted by molar-refractivity contribution is 0.130. The van der Waals surface area contributed by atoms with Crippen LogP contribution < -0.4 is 11.5 Å². The number of aromatic nitrogens is 2. The highest BCUT2D eigenvalue weighted by Gasteiger charge is 2.43. The largest absolute Gasteiger partial charge is 0.386 e. The lowest BCUT2D eigenvalue weighted by Crippen LogP contribution is -2.50. The molecule has 0 bridgehead atoms. The van der Waals surface area contributed by atoms with Crippen molar-refractivity contribution < 1.29 is 4.79 Å². The minimum absolute atomic E-state index is 0.200. The normalized spacial score (nSPS) is 23.7. The number of nitrogens with two attached hydrogens (primary N) is 2. The summed E-state index contributed by atoms with van der Waals surface area (Å²) in [5, 5.41) is 0. The number of hydrogen-bond donors (Lipinski definition) is 2. The Kier molecular flexibility index (Phi) is 5.45. The number of piperidine rings is 1. The van der Waals surface area contributed by atoms with Gasteiger partial charge in [-0.15, -0.1) is 0 Å². The summed E-state index contributed by atoms with van der Waals surface area (Å²) >= 11 is 0. The summed E-state index contributed by atoms with van der Waals surface area (Å²) in [7, 11) is 0. The second-order valence-electron chi connectivity index (χ2n) is 8.66. The van der Waals surface area contributed by atoms with Gasteiger partial charge in [-0.2, -0.15) is 4.99 Å². The molecule has 0 spiro atoms. The number of anilines is 1. The SMILES string of the molecule is C[C@@H]1CCC[C@H](C)N1C(=O)N=C(N)C1(c2ccc(-c3cnc(N)nc3)cc2)CCC1. The molecule has 1 aliphatic heterocycles. The van der Waals surface area contributed by atoms with Gasteiger partial charge in [0.2, 0.25) is 5.95 Å². The highest BCUT2D eigenvalue weighted by Crippen LogP contribution is 2.44. The van der Waals surface area contributed by atoms with Crippen molar-refractivity contribution in [1.82, 2.24) is 14.9 Å². The summed E-state index contributed by atoms with van der Waals surface area (Å²) in [5.74, 6) is 0.696. The molecule has 1 aromatic carbocycles. The van der Waals surface area contributed by atoms with Gasteiger partial charge in [0.25, 0.3) is 0 Å². The predicted octanol–water partition coefficient (Wildman–Crippen LogP) is 3.89. The molecule has 4 rings (SSSR count). The number of hydrogen-bond acceptors (Lipinski definition) is 4. The van der Waals surface area contributed by atoms with Crippen molar-refractivity contribution in [2.75, 3.05) is 5.73 Å². The molecule has 7 heteroatoms. The molecular weight excluding hydrogens is 376 g/mol. The predicted molar refractivity (Wildman–Crippen MR) is 119 cm³/mol. The maximum absolute atomic E-state index is 12.9. The zero-order valence-electron chi connectivity index (χ0n) is 17.7. The number of amidine groups is 1. The molecule has 0 unspecified atom stereocenters. The number of carbonyl (C=O) groups is 1. The van der Waals surface area contributed by atoms with Gasteiger partial charge in [-0.05, 0) is 57.1 Å². The summed E-state index contributed by atoms with van der Waals surface area (Å²) in [4.78, 5) is 27.4. The van der Waals surface area contributed by atoms with Crippen LogP contribution in [0, 0.1) is 0 Å². The van der Waals surface area contributed by atoms with Crippen LogP contribution >= 0.6 is 0 Å². The topological polar surface area (TPSA) is 110 Å². The van der Waals surface area contributed by atoms with Crippen LogP contribution in [0.25, 0.3) is 11.1 Å². The Morgan fingerprint density at radius 3 is 2.17 bits per heavy atom. The fourth-order valence-electron chi connectivity index (χ4n) is 4.76. The first-order valence-corrected chi connectivity index (χ1v) is 10.8. The van der Waals surface area contributed by atoms with Crippen molar-refractivity contribution in [3.8, 4) is 11.1 Å². The number of amides is 2. The minimum atomic E-state index is -0.353. The van der Waals surface area contributed by atoms with Gasteiger partial charge in [-0.1, -0.05) is 30.7 Å². The number of urea groups is 1. The standard InChI is InChI=1S/C23H30N6O/c1-15-5-3-6-16(2)29(15)22(30)28-20(24)23(11-4-12-23)19-9-7-17(8-10-19)18-13-26-21(25)27-14-18/h7-10,13-16H,3-6,11-12H2,1-2H3,(H2,24,28,30)(H2,25,26,27)/t15-,16+. The number of nitrogen functional groups attached to an aromatic ring is 1. The molecule has 2 aliphatic rings. The molecule has 0 radical (unpaired) electrons. The molecular formula is C23H30N6O. The maximum atomic E-state index is 12.9. The third-order valence-corrected chi connectivity index (χ3v) is 6.77. The van der Waals surface area contributed by atoms with Crippen molar-refractivity contribution in [2.45, 2.75) is 69.9 Å². The highest BCUT2D eigenvalue weighted by atomic mass is 16.2. The summed E-state index contributed by atoms with van der Waals surface area (Å²) < 4.78 is 0. The summed E-state index contributed by atoms with van der Waals surface area (Å²) in [6.07, 6.45) is 9.52. The maximum Gasteiger partial charge on any atom is 0.345 e. The van der Waals surface area contributed by atoms with E-state index in [1.165, 1.54) is 0 Å². The minimum Gasteiger partial charge on any atom is -0.386 e. The van der Waals surface area contributed by atoms with Crippen molar-refractivity contribution in [2.24, 2.45) is 10.7 Å². The number of aliphatic imine (C=N–C) groups is 1. The van der Waals surface area contributed by atoms with E-state index in [0.717, 1.165) is 55.2 Å². The Bertz CT molecular complexity index is 923. The summed E-state index contributed by atoms with van der Waals surface area (Å²) in [6, 6.07) is 8.43. The van der Waals surface area contributed by atoms with Crippen molar-refractivity contribution in [3.63, 3.8) is 0 Å². The van der Waals surface area contributed by atoms with E-state index in [9.17, 15) is 4.79 Å². The van der Waals surface area contributed by atoms with Crippen LogP contribution in [-0.4, -0.2) is 38.8 Å². The first kappa shape index (κ1) is 20.3. The third kappa shape index (κ3) is 3.64. The van der Waals surface area contributed by atoms with Gasteiger partial charge in [0, 0.05) is 30.0 Å². The Hall–Kier alpha value is -2.96. The average molecular weight is 407 g/mol. The van der Waals surface area contributed by atoms with Crippen LogP contribution in [0.1, 0.15) is 57.9 Å². The molecule has 30 heavy (non-hydrogen) atoms. The fourth-order valence-corrected chi connectivity index (χ4v) is 4.76. The van der Waals surface area contributed by atoms with Gasteiger partial charge >= 0.3 is 6.03 Å². The van der Waals surface area contributed by atoms with E-state index in [0.29, 0.717) is 5.84 Å². The summed E-state index contributed by atoms with van der Waals surface area (Å²) in [6.45, 7) is 4.19. The molecule has 2 fully saturated rings. The lowest BCUT2D eigenvalue weighted by Gasteiger charge is -2.42. The van der Waals surface area contributed by atoms with Crippen LogP contribution in [0.3, 0.4) is 0 Å². The zero-order chi connectivity index (χ0) is 21.3. The van der Waals surface area contributed by atoms with Gasteiger partial charge in [-0.3, -0.25) is 0 Å². The number of carbonyl (C=O) groups excluding carboxylic acids is 1. The number of nitrogens with zero attached hydrogens (tertiary/aromatic N) is 4. The highest BCUT2D eigenvalue weighted by molar-refractivity contribution is 6.00. The van der Waals surface area contributed by atoms with Crippen molar-refractivity contribution >= 4 is 17.8 Å². The summed E-state index contributed by atoms with van der Waals surface area (Å²) in [5.41, 5.74) is 14.7. The van der Waals surface area contributed by atoms with E-state index >= 15 is 0 Å². The van der Waals surface area contributed by atoms with Crippen LogP contribution in [0.4, 0.5) is 10.7 Å². The first-order valence-electron chi connectivity index (χ1n) is 10.8. The van der Waals surface area contributed by atoms with E-state index in [2.05, 4.69) is 40.9 Å². The number of benzene rings is 1. The monoisotopic (exact) mass is 406 g/mol. The van der Waals surface area contributed by atoms with Gasteiger partial charge in [0.15, 0.2) is 0 Å². The smallest absolute Gasteiger partial charge is 0.345 e. The number of rotatable bonds is 3. The van der Waals surface area contributed by atoms with E-state index in [1.54, 1.807) is 12.4 Å². The van der Waals surface area contributed by atoms with Gasteiger partial charge in [0.05, 0.1) is 5.41 Å². The Morgan fingerprint density at radius 2 is 1.63 bits per heavy atom. The molecule has 2 heterocycles. The zero-order valence-corrected chi connectivity index (χ0v) is 17.7. The van der Waals surface area contributed by atoms with Crippen molar-refractivity contribution in [3.05, 3.63) is 42.2 Å². The van der Waals surface area contributed by atoms with Crippen LogP contribution in [0.5, 0.6) is 0 Å². The van der Waals surface area contributed by atoms with E-state index in [4.69, 9.17) is 11.5 Å². The van der Waals surface area contributed by atoms with E-state index in [-0.39, 0.29) is 29.5 Å².